The Bertz CT molecular complexity index is 723. The summed E-state index contributed by atoms with van der Waals surface area (Å²) < 4.78 is 5.29. The molecule has 1 unspecified atom stereocenters. The summed E-state index contributed by atoms with van der Waals surface area (Å²) in [6.45, 7) is 10.9. The number of ether oxygens (including phenoxy) is 1. The van der Waals surface area contributed by atoms with Gasteiger partial charge in [0, 0.05) is 30.1 Å². The summed E-state index contributed by atoms with van der Waals surface area (Å²) in [7, 11) is 0. The molecule has 1 saturated heterocycles. The lowest BCUT2D eigenvalue weighted by Crippen LogP contribution is -2.46. The van der Waals surface area contributed by atoms with E-state index in [1.54, 1.807) is 11.3 Å². The van der Waals surface area contributed by atoms with Gasteiger partial charge in [0.1, 0.15) is 5.00 Å². The van der Waals surface area contributed by atoms with Gasteiger partial charge in [-0.3, -0.25) is 9.69 Å². The molecule has 3 rings (SSSR count). The van der Waals surface area contributed by atoms with Crippen molar-refractivity contribution in [2.24, 2.45) is 5.92 Å². The summed E-state index contributed by atoms with van der Waals surface area (Å²) in [6.07, 6.45) is 5.05. The van der Waals surface area contributed by atoms with E-state index in [0.29, 0.717) is 41.7 Å². The first-order chi connectivity index (χ1) is 13.9. The van der Waals surface area contributed by atoms with Crippen LogP contribution in [0.1, 0.15) is 67.8 Å². The van der Waals surface area contributed by atoms with Crippen molar-refractivity contribution in [3.05, 3.63) is 16.0 Å². The number of hydrogen-bond acceptors (Lipinski definition) is 6. The van der Waals surface area contributed by atoms with Gasteiger partial charge in [-0.15, -0.1) is 11.3 Å². The lowest BCUT2D eigenvalue weighted by atomic mass is 9.88. The van der Waals surface area contributed by atoms with Crippen LogP contribution in [0, 0.1) is 5.92 Å². The van der Waals surface area contributed by atoms with Crippen LogP contribution in [0.15, 0.2) is 0 Å². The first-order valence-electron chi connectivity index (χ1n) is 11.0. The van der Waals surface area contributed by atoms with Crippen LogP contribution in [0.25, 0.3) is 0 Å². The van der Waals surface area contributed by atoms with Gasteiger partial charge in [0.25, 0.3) is 0 Å². The zero-order valence-electron chi connectivity index (χ0n) is 18.2. The van der Waals surface area contributed by atoms with Gasteiger partial charge >= 0.3 is 5.97 Å². The van der Waals surface area contributed by atoms with E-state index in [4.69, 9.17) is 4.74 Å². The molecule has 1 aromatic heterocycles. The average Bonchev–Trinajstić information content (AvgIpc) is 2.99. The van der Waals surface area contributed by atoms with Crippen LogP contribution in [-0.4, -0.2) is 55.1 Å². The van der Waals surface area contributed by atoms with E-state index in [1.807, 2.05) is 6.92 Å². The van der Waals surface area contributed by atoms with Crippen LogP contribution in [0.4, 0.5) is 5.00 Å². The Morgan fingerprint density at radius 1 is 1.24 bits per heavy atom. The monoisotopic (exact) mass is 421 g/mol. The molecule has 1 atom stereocenters. The summed E-state index contributed by atoms with van der Waals surface area (Å²) in [6, 6.07) is 1.03. The molecule has 1 amide bonds. The second-order valence-corrected chi connectivity index (χ2v) is 9.80. The van der Waals surface area contributed by atoms with Crippen molar-refractivity contribution in [2.45, 2.75) is 71.9 Å². The molecule has 1 aromatic rings. The van der Waals surface area contributed by atoms with E-state index in [-0.39, 0.29) is 11.9 Å². The van der Waals surface area contributed by atoms with Crippen molar-refractivity contribution in [3.8, 4) is 0 Å². The van der Waals surface area contributed by atoms with Gasteiger partial charge in [-0.25, -0.2) is 4.79 Å². The van der Waals surface area contributed by atoms with E-state index >= 15 is 0 Å². The molecule has 162 valence electrons. The molecule has 2 aliphatic rings. The second kappa shape index (κ2) is 10.0. The van der Waals surface area contributed by atoms with Crippen molar-refractivity contribution in [2.75, 3.05) is 31.6 Å². The van der Waals surface area contributed by atoms with E-state index in [0.717, 1.165) is 50.8 Å². The number of nitrogens with one attached hydrogen (secondary N) is 2. The number of thiophene rings is 1. The van der Waals surface area contributed by atoms with Crippen molar-refractivity contribution in [1.82, 2.24) is 10.2 Å². The summed E-state index contributed by atoms with van der Waals surface area (Å²) in [5.74, 6) is 0.258. The van der Waals surface area contributed by atoms with Crippen molar-refractivity contribution in [3.63, 3.8) is 0 Å². The molecule has 6 nitrogen and oxygen atoms in total. The Morgan fingerprint density at radius 3 is 2.62 bits per heavy atom. The third kappa shape index (κ3) is 5.80. The predicted octanol–water partition coefficient (Wildman–Crippen LogP) is 3.45. The number of carbonyl (C=O) groups is 2. The quantitative estimate of drug-likeness (QED) is 0.660. The molecule has 0 saturated carbocycles. The van der Waals surface area contributed by atoms with Crippen molar-refractivity contribution >= 4 is 28.2 Å². The summed E-state index contributed by atoms with van der Waals surface area (Å²) in [4.78, 5) is 28.8. The molecule has 7 heteroatoms. The number of piperidine rings is 1. The van der Waals surface area contributed by atoms with E-state index in [9.17, 15) is 9.59 Å². The third-order valence-electron chi connectivity index (χ3n) is 5.77. The molecule has 0 bridgehead atoms. The minimum Gasteiger partial charge on any atom is -0.462 e. The molecule has 0 aromatic carbocycles. The zero-order valence-corrected chi connectivity index (χ0v) is 19.0. The van der Waals surface area contributed by atoms with Gasteiger partial charge in [-0.1, -0.05) is 20.8 Å². The fourth-order valence-electron chi connectivity index (χ4n) is 4.36. The largest absolute Gasteiger partial charge is 0.462 e. The Balaban J connectivity index is 1.63. The number of likely N-dealkylation sites (tertiary alicyclic amines) is 1. The van der Waals surface area contributed by atoms with Crippen LogP contribution < -0.4 is 10.6 Å². The maximum atomic E-state index is 12.7. The fourth-order valence-corrected chi connectivity index (χ4v) is 5.77. The molecular weight excluding hydrogens is 386 g/mol. The van der Waals surface area contributed by atoms with Crippen molar-refractivity contribution < 1.29 is 14.3 Å². The van der Waals surface area contributed by atoms with E-state index in [1.165, 1.54) is 4.88 Å². The Labute approximate surface area is 178 Å². The van der Waals surface area contributed by atoms with Gasteiger partial charge < -0.3 is 15.4 Å². The minimum atomic E-state index is -0.310. The van der Waals surface area contributed by atoms with Crippen LogP contribution in [0.3, 0.4) is 0 Å². The highest BCUT2D eigenvalue weighted by atomic mass is 32.1. The number of hydrogen-bond donors (Lipinski definition) is 2. The highest BCUT2D eigenvalue weighted by molar-refractivity contribution is 7.17. The van der Waals surface area contributed by atoms with Gasteiger partial charge in [-0.2, -0.15) is 0 Å². The van der Waals surface area contributed by atoms with Crippen molar-refractivity contribution in [1.29, 1.82) is 0 Å². The SMILES string of the molecule is CCOC(=O)c1c(NC(=O)CN2CCC(NC(C)C)CC2)sc2c1CCC(C)C2. The van der Waals surface area contributed by atoms with Crippen LogP contribution >= 0.6 is 11.3 Å². The number of carbonyl (C=O) groups excluding carboxylic acids is 2. The zero-order chi connectivity index (χ0) is 21.0. The predicted molar refractivity (Wildman–Crippen MR) is 118 cm³/mol. The fraction of sp³-hybridized carbons (Fsp3) is 0.727. The topological polar surface area (TPSA) is 70.7 Å². The van der Waals surface area contributed by atoms with Gasteiger partial charge in [0.2, 0.25) is 5.91 Å². The highest BCUT2D eigenvalue weighted by Crippen LogP contribution is 2.40. The van der Waals surface area contributed by atoms with Gasteiger partial charge in [-0.05, 0) is 50.5 Å². The van der Waals surface area contributed by atoms with Crippen LogP contribution in [-0.2, 0) is 22.4 Å². The normalized spacial score (nSPS) is 20.5. The molecule has 0 spiro atoms. The van der Waals surface area contributed by atoms with Crippen LogP contribution in [0.2, 0.25) is 0 Å². The minimum absolute atomic E-state index is 0.0440. The average molecular weight is 422 g/mol. The molecule has 29 heavy (non-hydrogen) atoms. The molecule has 1 aliphatic heterocycles. The maximum absolute atomic E-state index is 12.7. The van der Waals surface area contributed by atoms with Gasteiger partial charge in [0.15, 0.2) is 0 Å². The third-order valence-corrected chi connectivity index (χ3v) is 6.94. The number of nitrogens with zero attached hydrogens (tertiary/aromatic N) is 1. The van der Waals surface area contributed by atoms with E-state index in [2.05, 4.69) is 36.3 Å². The summed E-state index contributed by atoms with van der Waals surface area (Å²) >= 11 is 1.56. The lowest BCUT2D eigenvalue weighted by molar-refractivity contribution is -0.117. The first-order valence-corrected chi connectivity index (χ1v) is 11.8. The van der Waals surface area contributed by atoms with E-state index < -0.39 is 0 Å². The van der Waals surface area contributed by atoms with Crippen LogP contribution in [0.5, 0.6) is 0 Å². The Kier molecular flexibility index (Phi) is 7.71. The first kappa shape index (κ1) is 22.2. The molecule has 2 N–H and O–H groups in total. The standard InChI is InChI=1S/C22H35N3O3S/c1-5-28-22(27)20-17-7-6-15(4)12-18(17)29-21(20)24-19(26)13-25-10-8-16(9-11-25)23-14(2)3/h14-16,23H,5-13H2,1-4H3,(H,24,26). The van der Waals surface area contributed by atoms with Gasteiger partial charge in [0.05, 0.1) is 18.7 Å². The molecule has 1 fully saturated rings. The number of fused-ring (bicyclic) bond motifs is 1. The summed E-state index contributed by atoms with van der Waals surface area (Å²) in [5.41, 5.74) is 1.68. The number of anilines is 1. The molecular formula is C22H35N3O3S. The maximum Gasteiger partial charge on any atom is 0.341 e. The number of esters is 1. The molecule has 1 aliphatic carbocycles. The number of amides is 1. The Hall–Kier alpha value is -1.44. The smallest absolute Gasteiger partial charge is 0.341 e. The summed E-state index contributed by atoms with van der Waals surface area (Å²) in [5, 5.41) is 7.29. The Morgan fingerprint density at radius 2 is 1.97 bits per heavy atom. The highest BCUT2D eigenvalue weighted by Gasteiger charge is 2.29. The number of rotatable bonds is 7. The molecule has 2 heterocycles. The lowest BCUT2D eigenvalue weighted by Gasteiger charge is -2.32. The second-order valence-electron chi connectivity index (χ2n) is 8.70. The molecule has 0 radical (unpaired) electrons.